The summed E-state index contributed by atoms with van der Waals surface area (Å²) in [5, 5.41) is 15.5. The van der Waals surface area contributed by atoms with Gasteiger partial charge in [0.2, 0.25) is 0 Å². The molecule has 0 aromatic heterocycles. The van der Waals surface area contributed by atoms with E-state index in [0.717, 1.165) is 19.3 Å². The van der Waals surface area contributed by atoms with E-state index in [4.69, 9.17) is 34.0 Å². The van der Waals surface area contributed by atoms with Gasteiger partial charge in [0.05, 0.1) is 0 Å². The van der Waals surface area contributed by atoms with Crippen molar-refractivity contribution in [3.8, 4) is 0 Å². The standard InChI is InChI=1S/C27H50N4O5P2/c1-10-19-14(5)13(4)15(6)26(33-19)35-25-17(8)23(31-38-29)27(34-21(25)12-3)36-24-16(7)22(30-37-28)18(9)32-20(24)11-2/h13-29H,10-12H2,1-9H3/q+2/t13-,14-,15?,16+,17?,18-,19?,20?,21?,22?,23?,24-,25-,26?,27-/m0/s1. The molecular weight excluding hydrogens is 522 g/mol. The Morgan fingerprint density at radius 1 is 0.579 bits per heavy atom. The van der Waals surface area contributed by atoms with Gasteiger partial charge in [-0.25, -0.2) is 0 Å². The second kappa shape index (κ2) is 14.7. The summed E-state index contributed by atoms with van der Waals surface area (Å²) in [6, 6.07) is -0.473. The predicted octanol–water partition coefficient (Wildman–Crippen LogP) is 7.93. The molecule has 15 atom stereocenters. The Balaban J connectivity index is 1.84. The third-order valence-electron chi connectivity index (χ3n) is 9.46. The Kier molecular flexibility index (Phi) is 12.5. The summed E-state index contributed by atoms with van der Waals surface area (Å²) in [4.78, 5) is 0. The van der Waals surface area contributed by atoms with E-state index in [1.807, 2.05) is 6.92 Å². The zero-order valence-electron chi connectivity index (χ0n) is 24.6. The van der Waals surface area contributed by atoms with E-state index < -0.39 is 6.29 Å². The van der Waals surface area contributed by atoms with Crippen LogP contribution in [0, 0.1) is 39.9 Å². The number of rotatable bonds is 9. The third kappa shape index (κ3) is 6.83. The van der Waals surface area contributed by atoms with Crippen molar-refractivity contribution in [2.45, 2.75) is 143 Å². The quantitative estimate of drug-likeness (QED) is 0.272. The van der Waals surface area contributed by atoms with Crippen molar-refractivity contribution >= 4 is 16.3 Å². The molecule has 0 saturated carbocycles. The molecular formula is C27H50N4O5P2+2. The van der Waals surface area contributed by atoms with Crippen LogP contribution in [-0.2, 0) is 23.7 Å². The molecule has 0 aromatic rings. The topological polar surface area (TPSA) is 119 Å². The molecule has 2 N–H and O–H groups in total. The summed E-state index contributed by atoms with van der Waals surface area (Å²) in [6.07, 6.45) is 1.01. The van der Waals surface area contributed by atoms with Crippen molar-refractivity contribution < 1.29 is 23.7 Å². The minimum absolute atomic E-state index is 0.0202. The van der Waals surface area contributed by atoms with Crippen LogP contribution < -0.4 is 0 Å². The fourth-order valence-corrected chi connectivity index (χ4v) is 7.59. The molecule has 3 aliphatic rings. The van der Waals surface area contributed by atoms with Gasteiger partial charge in [0.15, 0.2) is 0 Å². The first-order chi connectivity index (χ1) is 18.1. The Labute approximate surface area is 232 Å². The van der Waals surface area contributed by atoms with Crippen LogP contribution >= 0.6 is 16.3 Å². The van der Waals surface area contributed by atoms with Crippen molar-refractivity contribution in [1.82, 2.24) is 0 Å². The van der Waals surface area contributed by atoms with Crippen LogP contribution in [0.5, 0.6) is 0 Å². The van der Waals surface area contributed by atoms with Crippen LogP contribution in [-0.4, -0.2) is 61.3 Å². The summed E-state index contributed by atoms with van der Waals surface area (Å²) in [6.45, 7) is 19.5. The van der Waals surface area contributed by atoms with Gasteiger partial charge in [-0.15, -0.1) is 0 Å². The molecule has 0 amide bonds. The van der Waals surface area contributed by atoms with E-state index in [-0.39, 0.29) is 89.1 Å². The molecule has 0 spiro atoms. The molecule has 0 aliphatic carbocycles. The molecule has 216 valence electrons. The van der Waals surface area contributed by atoms with Crippen molar-refractivity contribution in [3.05, 3.63) is 0 Å². The van der Waals surface area contributed by atoms with Crippen LogP contribution in [0.25, 0.3) is 0 Å². The number of hydrogen-bond donors (Lipinski definition) is 2. The average Bonchev–Trinajstić information content (AvgIpc) is 2.91. The van der Waals surface area contributed by atoms with Gasteiger partial charge in [0.25, 0.3) is 0 Å². The summed E-state index contributed by atoms with van der Waals surface area (Å²) in [5.74, 6) is 1.28. The van der Waals surface area contributed by atoms with Crippen LogP contribution in [0.2, 0.25) is 0 Å². The number of hydrogen-bond acceptors (Lipinski definition) is 9. The van der Waals surface area contributed by atoms with Crippen molar-refractivity contribution in [1.29, 1.82) is 10.3 Å². The number of nitrogens with one attached hydrogen (secondary N) is 2. The van der Waals surface area contributed by atoms with Gasteiger partial charge in [-0.2, -0.15) is 0 Å². The molecule has 0 bridgehead atoms. The molecule has 8 unspecified atom stereocenters. The average molecular weight is 573 g/mol. The molecule has 3 heterocycles. The van der Waals surface area contributed by atoms with Gasteiger partial charge in [-0.1, -0.05) is 0 Å². The molecule has 3 fully saturated rings. The number of nitrogens with zero attached hydrogens (tertiary/aromatic N) is 2. The second-order valence-electron chi connectivity index (χ2n) is 11.6. The maximum absolute atomic E-state index is 7.88. The van der Waals surface area contributed by atoms with Crippen LogP contribution in [0.15, 0.2) is 9.49 Å². The van der Waals surface area contributed by atoms with Crippen LogP contribution in [0.1, 0.15) is 81.6 Å². The summed E-state index contributed by atoms with van der Waals surface area (Å²) in [7, 11) is 0.445. The van der Waals surface area contributed by atoms with Crippen molar-refractivity contribution in [2.24, 2.45) is 39.1 Å². The zero-order valence-corrected chi connectivity index (χ0v) is 26.4. The fourth-order valence-electron chi connectivity index (χ4n) is 6.61. The molecule has 38 heavy (non-hydrogen) atoms. The first-order valence-corrected chi connectivity index (χ1v) is 16.2. The van der Waals surface area contributed by atoms with E-state index >= 15 is 0 Å². The van der Waals surface area contributed by atoms with E-state index in [0.29, 0.717) is 11.8 Å². The van der Waals surface area contributed by atoms with Crippen LogP contribution in [0.4, 0.5) is 0 Å². The molecule has 11 heteroatoms. The van der Waals surface area contributed by atoms with E-state index in [2.05, 4.69) is 64.9 Å². The Morgan fingerprint density at radius 3 is 1.61 bits per heavy atom. The third-order valence-corrected chi connectivity index (χ3v) is 10.2. The molecule has 3 aliphatic heterocycles. The van der Waals surface area contributed by atoms with Gasteiger partial charge >= 0.3 is 232 Å². The van der Waals surface area contributed by atoms with Crippen molar-refractivity contribution in [3.63, 3.8) is 0 Å². The minimum atomic E-state index is -0.604. The monoisotopic (exact) mass is 572 g/mol. The van der Waals surface area contributed by atoms with Crippen LogP contribution in [0.3, 0.4) is 0 Å². The van der Waals surface area contributed by atoms with E-state index in [1.54, 1.807) is 0 Å². The van der Waals surface area contributed by atoms with Crippen molar-refractivity contribution in [2.75, 3.05) is 0 Å². The molecule has 0 aromatic carbocycles. The van der Waals surface area contributed by atoms with Gasteiger partial charge in [0.1, 0.15) is 0 Å². The van der Waals surface area contributed by atoms with E-state index in [1.165, 1.54) is 0 Å². The SMILES string of the molecule is CCC1O[C@@H](O[C@@H]2C(CC)O[C@@H](C)C(N=[P+]=N)[C@H]2C)C(N=[P+]=N)C(C)[C@@H]1OC1OC(CC)[C@@H](C)[C@H](C)C1C. The Morgan fingerprint density at radius 2 is 1.05 bits per heavy atom. The first kappa shape index (κ1) is 32.4. The molecule has 3 saturated heterocycles. The predicted molar refractivity (Wildman–Crippen MR) is 150 cm³/mol. The summed E-state index contributed by atoms with van der Waals surface area (Å²) < 4.78 is 42.0. The van der Waals surface area contributed by atoms with Gasteiger partial charge in [-0.05, 0) is 0 Å². The van der Waals surface area contributed by atoms with E-state index in [9.17, 15) is 0 Å². The fraction of sp³-hybridized carbons (Fsp3) is 1.00. The van der Waals surface area contributed by atoms with Gasteiger partial charge in [-0.3, -0.25) is 0 Å². The Hall–Kier alpha value is -0.140. The van der Waals surface area contributed by atoms with Gasteiger partial charge < -0.3 is 0 Å². The molecule has 0 radical (unpaired) electrons. The zero-order chi connectivity index (χ0) is 28.1. The summed E-state index contributed by atoms with van der Waals surface area (Å²) >= 11 is 0. The Bertz CT molecular complexity index is 870. The number of ether oxygens (including phenoxy) is 5. The van der Waals surface area contributed by atoms with Gasteiger partial charge in [0, 0.05) is 0 Å². The molecule has 3 rings (SSSR count). The maximum atomic E-state index is 7.88. The second-order valence-corrected chi connectivity index (χ2v) is 12.5. The normalized spacial score (nSPS) is 47.8. The summed E-state index contributed by atoms with van der Waals surface area (Å²) in [5.41, 5.74) is 0. The first-order valence-electron chi connectivity index (χ1n) is 14.5. The molecule has 9 nitrogen and oxygen atoms in total.